The number of carbonyl (C=O) groups is 1. The summed E-state index contributed by atoms with van der Waals surface area (Å²) in [6.07, 6.45) is 6.40. The molecule has 1 aromatic rings. The van der Waals surface area contributed by atoms with Gasteiger partial charge < -0.3 is 9.67 Å². The van der Waals surface area contributed by atoms with E-state index in [1.807, 2.05) is 29.6 Å². The van der Waals surface area contributed by atoms with Crippen molar-refractivity contribution in [3.8, 4) is 0 Å². The SMILES string of the molecule is Cn1ccnc1CN1CCCCC1(C)C(=O)O. The quantitative estimate of drug-likeness (QED) is 0.859. The number of imidazole rings is 1. The zero-order valence-electron chi connectivity index (χ0n) is 10.4. The second kappa shape index (κ2) is 4.49. The molecule has 1 atom stereocenters. The van der Waals surface area contributed by atoms with Gasteiger partial charge in [0.1, 0.15) is 11.4 Å². The lowest BCUT2D eigenvalue weighted by Crippen LogP contribution is -2.54. The van der Waals surface area contributed by atoms with Gasteiger partial charge in [-0.15, -0.1) is 0 Å². The average molecular weight is 237 g/mol. The molecule has 0 amide bonds. The molecule has 1 fully saturated rings. The van der Waals surface area contributed by atoms with Gasteiger partial charge in [-0.2, -0.15) is 0 Å². The van der Waals surface area contributed by atoms with Crippen molar-refractivity contribution in [1.29, 1.82) is 0 Å². The first-order chi connectivity index (χ1) is 8.04. The van der Waals surface area contributed by atoms with E-state index in [0.717, 1.165) is 25.2 Å². The molecular weight excluding hydrogens is 218 g/mol. The summed E-state index contributed by atoms with van der Waals surface area (Å²) in [6.45, 7) is 3.25. The largest absolute Gasteiger partial charge is 0.480 e. The standard InChI is InChI=1S/C12H19N3O2/c1-12(11(16)17)5-3-4-7-15(12)9-10-13-6-8-14(10)2/h6,8H,3-5,7,9H2,1-2H3,(H,16,17). The van der Waals surface area contributed by atoms with Gasteiger partial charge in [-0.3, -0.25) is 9.69 Å². The number of piperidine rings is 1. The van der Waals surface area contributed by atoms with Crippen molar-refractivity contribution in [2.24, 2.45) is 7.05 Å². The van der Waals surface area contributed by atoms with Gasteiger partial charge in [0, 0.05) is 19.4 Å². The fraction of sp³-hybridized carbons (Fsp3) is 0.667. The molecule has 0 saturated carbocycles. The van der Waals surface area contributed by atoms with Crippen LogP contribution in [0.1, 0.15) is 32.0 Å². The summed E-state index contributed by atoms with van der Waals surface area (Å²) in [4.78, 5) is 17.7. The number of carboxylic acid groups (broad SMARTS) is 1. The van der Waals surface area contributed by atoms with E-state index in [0.29, 0.717) is 13.0 Å². The zero-order valence-corrected chi connectivity index (χ0v) is 10.4. The van der Waals surface area contributed by atoms with Crippen molar-refractivity contribution in [2.75, 3.05) is 6.54 Å². The van der Waals surface area contributed by atoms with Crippen LogP contribution >= 0.6 is 0 Å². The molecule has 0 spiro atoms. The highest BCUT2D eigenvalue weighted by Gasteiger charge is 2.41. The van der Waals surface area contributed by atoms with E-state index in [2.05, 4.69) is 4.98 Å². The number of carboxylic acids is 1. The van der Waals surface area contributed by atoms with Crippen LogP contribution in [0.4, 0.5) is 0 Å². The Bertz CT molecular complexity index is 416. The first kappa shape index (κ1) is 12.1. The molecule has 5 heteroatoms. The fourth-order valence-corrected chi connectivity index (χ4v) is 2.39. The summed E-state index contributed by atoms with van der Waals surface area (Å²) in [7, 11) is 1.93. The van der Waals surface area contributed by atoms with Crippen molar-refractivity contribution in [2.45, 2.75) is 38.3 Å². The number of hydrogen-bond donors (Lipinski definition) is 1. The normalized spacial score (nSPS) is 26.0. The first-order valence-corrected chi connectivity index (χ1v) is 5.99. The second-order valence-corrected chi connectivity index (χ2v) is 4.91. The fourth-order valence-electron chi connectivity index (χ4n) is 2.39. The number of likely N-dealkylation sites (tertiary alicyclic amines) is 1. The van der Waals surface area contributed by atoms with Gasteiger partial charge in [0.2, 0.25) is 0 Å². The third-order valence-electron chi connectivity index (χ3n) is 3.75. The molecule has 2 rings (SSSR count). The van der Waals surface area contributed by atoms with Crippen LogP contribution in [-0.4, -0.2) is 37.6 Å². The Hall–Kier alpha value is -1.36. The highest BCUT2D eigenvalue weighted by Crippen LogP contribution is 2.29. The van der Waals surface area contributed by atoms with Gasteiger partial charge in [0.05, 0.1) is 6.54 Å². The van der Waals surface area contributed by atoms with Gasteiger partial charge in [-0.05, 0) is 32.7 Å². The summed E-state index contributed by atoms with van der Waals surface area (Å²) < 4.78 is 1.94. The van der Waals surface area contributed by atoms with Crippen LogP contribution in [0.2, 0.25) is 0 Å². The van der Waals surface area contributed by atoms with Crippen LogP contribution in [-0.2, 0) is 18.4 Å². The molecule has 1 N–H and O–H groups in total. The van der Waals surface area contributed by atoms with Crippen molar-refractivity contribution in [3.63, 3.8) is 0 Å². The van der Waals surface area contributed by atoms with Crippen LogP contribution in [0, 0.1) is 0 Å². The highest BCUT2D eigenvalue weighted by molar-refractivity contribution is 5.78. The highest BCUT2D eigenvalue weighted by atomic mass is 16.4. The Balaban J connectivity index is 2.18. The first-order valence-electron chi connectivity index (χ1n) is 5.99. The molecule has 0 bridgehead atoms. The van der Waals surface area contributed by atoms with Gasteiger partial charge in [-0.1, -0.05) is 0 Å². The maximum absolute atomic E-state index is 11.4. The molecule has 1 aromatic heterocycles. The number of nitrogens with zero attached hydrogens (tertiary/aromatic N) is 3. The topological polar surface area (TPSA) is 58.4 Å². The molecule has 1 aliphatic heterocycles. The Kier molecular flexibility index (Phi) is 3.19. The van der Waals surface area contributed by atoms with Crippen LogP contribution in [0.5, 0.6) is 0 Å². The number of aliphatic carboxylic acids is 1. The number of rotatable bonds is 3. The number of aromatic nitrogens is 2. The third-order valence-corrected chi connectivity index (χ3v) is 3.75. The molecular formula is C12H19N3O2. The van der Waals surface area contributed by atoms with Crippen molar-refractivity contribution in [1.82, 2.24) is 14.5 Å². The van der Waals surface area contributed by atoms with Crippen molar-refractivity contribution < 1.29 is 9.90 Å². The Morgan fingerprint density at radius 1 is 1.59 bits per heavy atom. The second-order valence-electron chi connectivity index (χ2n) is 4.91. The number of aryl methyl sites for hydroxylation is 1. The smallest absolute Gasteiger partial charge is 0.323 e. The van der Waals surface area contributed by atoms with E-state index in [4.69, 9.17) is 0 Å². The van der Waals surface area contributed by atoms with Gasteiger partial charge in [-0.25, -0.2) is 4.98 Å². The van der Waals surface area contributed by atoms with Crippen molar-refractivity contribution >= 4 is 5.97 Å². The minimum absolute atomic E-state index is 0.603. The van der Waals surface area contributed by atoms with Crippen LogP contribution in [0.3, 0.4) is 0 Å². The lowest BCUT2D eigenvalue weighted by molar-refractivity contribution is -0.153. The van der Waals surface area contributed by atoms with E-state index in [1.165, 1.54) is 0 Å². The van der Waals surface area contributed by atoms with E-state index in [-0.39, 0.29) is 0 Å². The third kappa shape index (κ3) is 2.20. The molecule has 0 radical (unpaired) electrons. The molecule has 0 aliphatic carbocycles. The summed E-state index contributed by atoms with van der Waals surface area (Å²) in [5.74, 6) is 0.186. The molecule has 0 aromatic carbocycles. The minimum Gasteiger partial charge on any atom is -0.480 e. The average Bonchev–Trinajstić information content (AvgIpc) is 2.68. The lowest BCUT2D eigenvalue weighted by atomic mass is 9.88. The van der Waals surface area contributed by atoms with E-state index < -0.39 is 11.5 Å². The van der Waals surface area contributed by atoms with Crippen molar-refractivity contribution in [3.05, 3.63) is 18.2 Å². The summed E-state index contributed by atoms with van der Waals surface area (Å²) in [5, 5.41) is 9.40. The summed E-state index contributed by atoms with van der Waals surface area (Å²) in [5.41, 5.74) is -0.746. The van der Waals surface area contributed by atoms with Gasteiger partial charge >= 0.3 is 5.97 Å². The van der Waals surface area contributed by atoms with Gasteiger partial charge in [0.15, 0.2) is 0 Å². The molecule has 94 valence electrons. The zero-order chi connectivity index (χ0) is 12.5. The summed E-state index contributed by atoms with van der Waals surface area (Å²) in [6, 6.07) is 0. The molecule has 1 saturated heterocycles. The van der Waals surface area contributed by atoms with Gasteiger partial charge in [0.25, 0.3) is 0 Å². The molecule has 17 heavy (non-hydrogen) atoms. The van der Waals surface area contributed by atoms with Crippen LogP contribution in [0.25, 0.3) is 0 Å². The van der Waals surface area contributed by atoms with E-state index in [9.17, 15) is 9.90 Å². The molecule has 2 heterocycles. The Labute approximate surface area is 101 Å². The van der Waals surface area contributed by atoms with Crippen LogP contribution < -0.4 is 0 Å². The maximum Gasteiger partial charge on any atom is 0.323 e. The lowest BCUT2D eigenvalue weighted by Gasteiger charge is -2.41. The molecule has 1 aliphatic rings. The Morgan fingerprint density at radius 2 is 2.35 bits per heavy atom. The predicted molar refractivity (Wildman–Crippen MR) is 63.5 cm³/mol. The molecule has 5 nitrogen and oxygen atoms in total. The minimum atomic E-state index is -0.746. The van der Waals surface area contributed by atoms with E-state index >= 15 is 0 Å². The number of hydrogen-bond acceptors (Lipinski definition) is 3. The maximum atomic E-state index is 11.4. The predicted octanol–water partition coefficient (Wildman–Crippen LogP) is 1.25. The monoisotopic (exact) mass is 237 g/mol. The van der Waals surface area contributed by atoms with E-state index in [1.54, 1.807) is 6.20 Å². The summed E-state index contributed by atoms with van der Waals surface area (Å²) >= 11 is 0. The Morgan fingerprint density at radius 3 is 2.94 bits per heavy atom. The van der Waals surface area contributed by atoms with Crippen LogP contribution in [0.15, 0.2) is 12.4 Å². The molecule has 1 unspecified atom stereocenters.